The van der Waals surface area contributed by atoms with E-state index in [1.807, 2.05) is 54.0 Å². The number of nitrogens with two attached hydrogens (primary N) is 1. The van der Waals surface area contributed by atoms with Crippen molar-refractivity contribution in [1.82, 2.24) is 10.7 Å². The number of benzene rings is 2. The fraction of sp³-hybridized carbons (Fsp3) is 0.111. The molecule has 0 saturated heterocycles. The minimum Gasteiger partial charge on any atom is -0.333 e. The molecule has 2 rings (SSSR count). The van der Waals surface area contributed by atoms with Gasteiger partial charge in [0.1, 0.15) is 0 Å². The molecule has 6 nitrogen and oxygen atoms in total. The number of rotatable bonds is 3. The van der Waals surface area contributed by atoms with Crippen molar-refractivity contribution in [3.63, 3.8) is 0 Å². The van der Waals surface area contributed by atoms with Gasteiger partial charge in [0.05, 0.1) is 0 Å². The molecule has 0 aromatic heterocycles. The summed E-state index contributed by atoms with van der Waals surface area (Å²) in [6, 6.07) is 14.4. The Morgan fingerprint density at radius 3 is 2.42 bits per heavy atom. The van der Waals surface area contributed by atoms with Crippen LogP contribution in [0.1, 0.15) is 23.6 Å². The zero-order valence-electron chi connectivity index (χ0n) is 13.2. The molecule has 2 aromatic rings. The first kappa shape index (κ1) is 17.1. The zero-order chi connectivity index (χ0) is 17.4. The van der Waals surface area contributed by atoms with Gasteiger partial charge in [-0.3, -0.25) is 10.2 Å². The number of hydrogen-bond donors (Lipinski definition) is 4. The van der Waals surface area contributed by atoms with E-state index in [1.54, 1.807) is 0 Å². The lowest BCUT2D eigenvalue weighted by atomic mass is 10.1. The maximum Gasteiger partial charge on any atom is 0.329 e. The van der Waals surface area contributed by atoms with Crippen LogP contribution in [0.15, 0.2) is 48.5 Å². The number of carbonyl (C=O) groups is 2. The summed E-state index contributed by atoms with van der Waals surface area (Å²) in [4.78, 5) is 22.1. The quantitative estimate of drug-likeness (QED) is 0.300. The van der Waals surface area contributed by atoms with E-state index < -0.39 is 6.03 Å². The first-order chi connectivity index (χ1) is 11.6. The summed E-state index contributed by atoms with van der Waals surface area (Å²) >= 11 is 0. The molecular weight excluding hydrogens is 304 g/mol. The van der Waals surface area contributed by atoms with Crippen LogP contribution in [0.5, 0.6) is 0 Å². The molecule has 24 heavy (non-hydrogen) atoms. The van der Waals surface area contributed by atoms with E-state index in [-0.39, 0.29) is 5.91 Å². The molecule has 0 aliphatic carbocycles. The monoisotopic (exact) mass is 322 g/mol. The van der Waals surface area contributed by atoms with Crippen molar-refractivity contribution in [2.45, 2.75) is 13.5 Å². The molecule has 0 fully saturated rings. The van der Waals surface area contributed by atoms with Crippen LogP contribution in [-0.4, -0.2) is 11.9 Å². The van der Waals surface area contributed by atoms with Gasteiger partial charge >= 0.3 is 6.03 Å². The fourth-order valence-electron chi connectivity index (χ4n) is 1.96. The molecule has 0 radical (unpaired) electrons. The molecule has 0 heterocycles. The molecular formula is C18H18N4O2. The second-order valence-corrected chi connectivity index (χ2v) is 5.04. The summed E-state index contributed by atoms with van der Waals surface area (Å²) < 4.78 is 0. The first-order valence-corrected chi connectivity index (χ1v) is 7.30. The number of hydrazine groups is 1. The summed E-state index contributed by atoms with van der Waals surface area (Å²) in [6.07, 6.45) is 0. The lowest BCUT2D eigenvalue weighted by molar-refractivity contribution is -0.114. The van der Waals surface area contributed by atoms with Crippen LogP contribution in [0, 0.1) is 11.8 Å². The van der Waals surface area contributed by atoms with E-state index in [4.69, 9.17) is 5.84 Å². The number of hydrogen-bond acceptors (Lipinski definition) is 3. The normalized spacial score (nSPS) is 9.42. The van der Waals surface area contributed by atoms with Crippen molar-refractivity contribution in [3.8, 4) is 11.8 Å². The Morgan fingerprint density at radius 2 is 1.75 bits per heavy atom. The van der Waals surface area contributed by atoms with Crippen LogP contribution in [-0.2, 0) is 11.3 Å². The molecule has 5 N–H and O–H groups in total. The van der Waals surface area contributed by atoms with Gasteiger partial charge in [-0.2, -0.15) is 0 Å². The predicted octanol–water partition coefficient (Wildman–Crippen LogP) is 1.72. The van der Waals surface area contributed by atoms with Crippen LogP contribution in [0.2, 0.25) is 0 Å². The Balaban J connectivity index is 2.03. The Bertz CT molecular complexity index is 789. The van der Waals surface area contributed by atoms with Crippen LogP contribution in [0.4, 0.5) is 10.5 Å². The van der Waals surface area contributed by atoms with Gasteiger partial charge < -0.3 is 10.6 Å². The van der Waals surface area contributed by atoms with Gasteiger partial charge in [0.15, 0.2) is 0 Å². The van der Waals surface area contributed by atoms with E-state index in [9.17, 15) is 9.59 Å². The number of nitrogens with one attached hydrogen (secondary N) is 3. The largest absolute Gasteiger partial charge is 0.333 e. The average molecular weight is 322 g/mol. The molecule has 0 atom stereocenters. The van der Waals surface area contributed by atoms with Crippen LogP contribution in [0.3, 0.4) is 0 Å². The summed E-state index contributed by atoms with van der Waals surface area (Å²) in [7, 11) is 0. The maximum atomic E-state index is 11.1. The Kier molecular flexibility index (Phi) is 5.95. The standard InChI is InChI=1S/C18H18N4O2/c1-13(23)21-17-4-2-3-15(11-17)8-5-14-6-9-16(10-7-14)12-20-18(24)22-19/h2-4,6-7,9-11H,12,19H2,1H3,(H,21,23)(H2,20,22,24). The highest BCUT2D eigenvalue weighted by Gasteiger charge is 1.98. The zero-order valence-corrected chi connectivity index (χ0v) is 13.2. The summed E-state index contributed by atoms with van der Waals surface area (Å²) in [5, 5.41) is 5.33. The van der Waals surface area contributed by atoms with E-state index in [1.165, 1.54) is 6.92 Å². The smallest absolute Gasteiger partial charge is 0.329 e. The van der Waals surface area contributed by atoms with Gasteiger partial charge in [0.2, 0.25) is 5.91 Å². The summed E-state index contributed by atoms with van der Waals surface area (Å²) in [6.45, 7) is 1.85. The van der Waals surface area contributed by atoms with Crippen LogP contribution < -0.4 is 21.9 Å². The topological polar surface area (TPSA) is 96.2 Å². The SMILES string of the molecule is CC(=O)Nc1cccc(C#Cc2ccc(CNC(=O)NN)cc2)c1. The minimum atomic E-state index is -0.432. The van der Waals surface area contributed by atoms with E-state index in [0.717, 1.165) is 16.7 Å². The van der Waals surface area contributed by atoms with Crippen molar-refractivity contribution in [2.75, 3.05) is 5.32 Å². The molecule has 6 heteroatoms. The van der Waals surface area contributed by atoms with Gasteiger partial charge in [-0.15, -0.1) is 0 Å². The molecule has 2 aromatic carbocycles. The van der Waals surface area contributed by atoms with Crippen molar-refractivity contribution >= 4 is 17.6 Å². The van der Waals surface area contributed by atoms with Crippen molar-refractivity contribution in [2.24, 2.45) is 5.84 Å². The third-order valence-corrected chi connectivity index (χ3v) is 3.07. The third-order valence-electron chi connectivity index (χ3n) is 3.07. The Labute approximate surface area is 140 Å². The molecule has 0 bridgehead atoms. The van der Waals surface area contributed by atoms with E-state index in [2.05, 4.69) is 22.5 Å². The number of amides is 3. The van der Waals surface area contributed by atoms with E-state index in [0.29, 0.717) is 12.2 Å². The highest BCUT2D eigenvalue weighted by Crippen LogP contribution is 2.10. The Hall–Kier alpha value is -3.30. The average Bonchev–Trinajstić information content (AvgIpc) is 2.58. The van der Waals surface area contributed by atoms with Gasteiger partial charge in [-0.25, -0.2) is 10.6 Å². The summed E-state index contributed by atoms with van der Waals surface area (Å²) in [5.74, 6) is 11.0. The molecule has 0 unspecified atom stereocenters. The van der Waals surface area contributed by atoms with E-state index >= 15 is 0 Å². The molecule has 122 valence electrons. The molecule has 3 amide bonds. The molecule has 0 aliphatic rings. The highest BCUT2D eigenvalue weighted by molar-refractivity contribution is 5.88. The maximum absolute atomic E-state index is 11.1. The summed E-state index contributed by atoms with van der Waals surface area (Å²) in [5.41, 5.74) is 5.33. The van der Waals surface area contributed by atoms with Crippen molar-refractivity contribution < 1.29 is 9.59 Å². The number of urea groups is 1. The molecule has 0 aliphatic heterocycles. The first-order valence-electron chi connectivity index (χ1n) is 7.30. The third kappa shape index (κ3) is 5.48. The Morgan fingerprint density at radius 1 is 1.04 bits per heavy atom. The highest BCUT2D eigenvalue weighted by atomic mass is 16.2. The van der Waals surface area contributed by atoms with Crippen molar-refractivity contribution in [1.29, 1.82) is 0 Å². The van der Waals surface area contributed by atoms with Crippen molar-refractivity contribution in [3.05, 3.63) is 65.2 Å². The lowest BCUT2D eigenvalue weighted by Gasteiger charge is -2.04. The fourth-order valence-corrected chi connectivity index (χ4v) is 1.96. The second kappa shape index (κ2) is 8.36. The number of carbonyl (C=O) groups excluding carboxylic acids is 2. The second-order valence-electron chi connectivity index (χ2n) is 5.04. The minimum absolute atomic E-state index is 0.118. The van der Waals surface area contributed by atoms with Gasteiger partial charge in [-0.1, -0.05) is 30.0 Å². The van der Waals surface area contributed by atoms with Gasteiger partial charge in [0.25, 0.3) is 0 Å². The molecule has 0 saturated carbocycles. The van der Waals surface area contributed by atoms with Crippen LogP contribution >= 0.6 is 0 Å². The van der Waals surface area contributed by atoms with Gasteiger partial charge in [0, 0.05) is 30.3 Å². The number of anilines is 1. The lowest BCUT2D eigenvalue weighted by Crippen LogP contribution is -2.39. The molecule has 0 spiro atoms. The van der Waals surface area contributed by atoms with Gasteiger partial charge in [-0.05, 0) is 35.9 Å². The predicted molar refractivity (Wildman–Crippen MR) is 92.7 cm³/mol. The van der Waals surface area contributed by atoms with Crippen LogP contribution in [0.25, 0.3) is 0 Å².